The van der Waals surface area contributed by atoms with E-state index < -0.39 is 0 Å². The lowest BCUT2D eigenvalue weighted by atomic mass is 9.98. The first-order valence-corrected chi connectivity index (χ1v) is 10.3. The fourth-order valence-electron chi connectivity index (χ4n) is 2.89. The first-order valence-electron chi connectivity index (χ1n) is 10.3. The third kappa shape index (κ3) is 7.36. The standard InChI is InChI=1S/2C13H17NO.H2/c1-5-13(15)14(4)12-9-7-6-8-11(12)10(2)3;1-4-10(3)11-7-6-8-12(9-11)14-13(15)5-2;/h5-10H,1H2,2-4H3;5-10H,2,4H2,1,3H3,(H,14,15);1H. The summed E-state index contributed by atoms with van der Waals surface area (Å²) in [5, 5.41) is 2.75. The minimum absolute atomic E-state index is 0. The Morgan fingerprint density at radius 1 is 1.07 bits per heavy atom. The second-order valence-electron chi connectivity index (χ2n) is 7.44. The number of amides is 2. The van der Waals surface area contributed by atoms with Gasteiger partial charge in [0.2, 0.25) is 11.8 Å². The number of nitrogens with zero attached hydrogens (tertiary/aromatic N) is 1. The molecule has 162 valence electrons. The molecule has 4 heteroatoms. The highest BCUT2D eigenvalue weighted by Crippen LogP contribution is 2.26. The van der Waals surface area contributed by atoms with E-state index in [4.69, 9.17) is 0 Å². The van der Waals surface area contributed by atoms with E-state index in [1.807, 2.05) is 42.5 Å². The Morgan fingerprint density at radius 2 is 1.73 bits per heavy atom. The molecule has 0 spiro atoms. The van der Waals surface area contributed by atoms with Gasteiger partial charge in [-0.15, -0.1) is 0 Å². The molecule has 0 saturated carbocycles. The van der Waals surface area contributed by atoms with Crippen LogP contribution >= 0.6 is 0 Å². The van der Waals surface area contributed by atoms with E-state index in [1.54, 1.807) is 11.9 Å². The highest BCUT2D eigenvalue weighted by Gasteiger charge is 2.13. The summed E-state index contributed by atoms with van der Waals surface area (Å²) in [7, 11) is 1.77. The fourth-order valence-corrected chi connectivity index (χ4v) is 2.89. The number of benzene rings is 2. The summed E-state index contributed by atoms with van der Waals surface area (Å²) in [5.41, 5.74) is 4.21. The predicted molar refractivity (Wildman–Crippen MR) is 130 cm³/mol. The van der Waals surface area contributed by atoms with E-state index in [0.717, 1.165) is 17.8 Å². The van der Waals surface area contributed by atoms with Crippen molar-refractivity contribution in [3.8, 4) is 0 Å². The van der Waals surface area contributed by atoms with E-state index in [2.05, 4.69) is 52.2 Å². The third-order valence-electron chi connectivity index (χ3n) is 4.95. The maximum atomic E-state index is 11.5. The van der Waals surface area contributed by atoms with Gasteiger partial charge in [0.25, 0.3) is 0 Å². The van der Waals surface area contributed by atoms with E-state index in [9.17, 15) is 9.59 Å². The van der Waals surface area contributed by atoms with Gasteiger partial charge in [0, 0.05) is 19.8 Å². The maximum Gasteiger partial charge on any atom is 0.250 e. The van der Waals surface area contributed by atoms with Crippen LogP contribution in [-0.4, -0.2) is 18.9 Å². The van der Waals surface area contributed by atoms with Gasteiger partial charge in [-0.2, -0.15) is 0 Å². The molecule has 0 aromatic heterocycles. The van der Waals surface area contributed by atoms with Crippen LogP contribution in [0.15, 0.2) is 73.8 Å². The number of carbonyl (C=O) groups is 2. The lowest BCUT2D eigenvalue weighted by Gasteiger charge is -2.20. The summed E-state index contributed by atoms with van der Waals surface area (Å²) in [5.74, 6) is 0.672. The predicted octanol–water partition coefficient (Wildman–Crippen LogP) is 6.53. The van der Waals surface area contributed by atoms with Crippen molar-refractivity contribution < 1.29 is 11.0 Å². The molecular formula is C26H36N2O2. The second-order valence-corrected chi connectivity index (χ2v) is 7.44. The molecule has 1 N–H and O–H groups in total. The van der Waals surface area contributed by atoms with Gasteiger partial charge in [0.05, 0.1) is 0 Å². The Labute approximate surface area is 182 Å². The zero-order valence-corrected chi connectivity index (χ0v) is 18.8. The number of para-hydroxylation sites is 1. The molecule has 0 heterocycles. The molecule has 4 nitrogen and oxygen atoms in total. The van der Waals surface area contributed by atoms with Crippen LogP contribution in [0.4, 0.5) is 11.4 Å². The zero-order valence-electron chi connectivity index (χ0n) is 18.8. The summed E-state index contributed by atoms with van der Waals surface area (Å²) in [6.45, 7) is 15.5. The smallest absolute Gasteiger partial charge is 0.250 e. The van der Waals surface area contributed by atoms with Gasteiger partial charge in [-0.25, -0.2) is 0 Å². The van der Waals surface area contributed by atoms with Gasteiger partial charge in [-0.1, -0.05) is 71.2 Å². The molecular weight excluding hydrogens is 372 g/mol. The number of hydrogen-bond donors (Lipinski definition) is 1. The number of rotatable bonds is 7. The molecule has 0 fully saturated rings. The van der Waals surface area contributed by atoms with Crippen molar-refractivity contribution in [2.45, 2.75) is 46.0 Å². The van der Waals surface area contributed by atoms with Crippen LogP contribution < -0.4 is 10.2 Å². The number of carbonyl (C=O) groups excluding carboxylic acids is 2. The average molecular weight is 409 g/mol. The van der Waals surface area contributed by atoms with Gasteiger partial charge in [-0.3, -0.25) is 9.59 Å². The van der Waals surface area contributed by atoms with Crippen LogP contribution in [0.1, 0.15) is 58.5 Å². The van der Waals surface area contributed by atoms with Crippen molar-refractivity contribution in [1.29, 1.82) is 0 Å². The Bertz CT molecular complexity index is 877. The van der Waals surface area contributed by atoms with Crippen molar-refractivity contribution in [3.63, 3.8) is 0 Å². The van der Waals surface area contributed by atoms with Gasteiger partial charge < -0.3 is 10.2 Å². The van der Waals surface area contributed by atoms with Crippen LogP contribution in [-0.2, 0) is 9.59 Å². The Morgan fingerprint density at radius 3 is 2.30 bits per heavy atom. The maximum absolute atomic E-state index is 11.5. The van der Waals surface area contributed by atoms with Crippen molar-refractivity contribution in [3.05, 3.63) is 85.0 Å². The molecule has 0 bridgehead atoms. The highest BCUT2D eigenvalue weighted by atomic mass is 16.2. The van der Waals surface area contributed by atoms with E-state index in [-0.39, 0.29) is 13.2 Å². The molecule has 0 aliphatic heterocycles. The van der Waals surface area contributed by atoms with Crippen LogP contribution in [0.25, 0.3) is 0 Å². The van der Waals surface area contributed by atoms with Gasteiger partial charge in [0.15, 0.2) is 0 Å². The molecule has 0 aliphatic rings. The lowest BCUT2D eigenvalue weighted by Crippen LogP contribution is -2.25. The number of anilines is 2. The molecule has 1 atom stereocenters. The molecule has 0 aliphatic carbocycles. The largest absolute Gasteiger partial charge is 0.323 e. The van der Waals surface area contributed by atoms with Gasteiger partial charge >= 0.3 is 0 Å². The molecule has 2 amide bonds. The molecule has 1 unspecified atom stereocenters. The van der Waals surface area contributed by atoms with Crippen LogP contribution in [0.5, 0.6) is 0 Å². The minimum Gasteiger partial charge on any atom is -0.323 e. The third-order valence-corrected chi connectivity index (χ3v) is 4.95. The first-order chi connectivity index (χ1) is 14.2. The topological polar surface area (TPSA) is 49.4 Å². The van der Waals surface area contributed by atoms with Crippen LogP contribution in [0.3, 0.4) is 0 Å². The van der Waals surface area contributed by atoms with Crippen LogP contribution in [0.2, 0.25) is 0 Å². The Kier molecular flexibility index (Phi) is 10.3. The molecule has 30 heavy (non-hydrogen) atoms. The lowest BCUT2D eigenvalue weighted by molar-refractivity contribution is -0.114. The molecule has 0 radical (unpaired) electrons. The summed E-state index contributed by atoms with van der Waals surface area (Å²) in [4.78, 5) is 24.2. The highest BCUT2D eigenvalue weighted by molar-refractivity contribution is 6.01. The quantitative estimate of drug-likeness (QED) is 0.530. The monoisotopic (exact) mass is 408 g/mol. The SMILES string of the molecule is C=CC(=O)N(C)c1ccccc1C(C)C.C=CC(=O)Nc1cccc(C(C)CC)c1.[HH]. The molecule has 0 saturated heterocycles. The summed E-state index contributed by atoms with van der Waals surface area (Å²) in [6, 6.07) is 15.9. The van der Waals surface area contributed by atoms with E-state index in [0.29, 0.717) is 11.8 Å². The summed E-state index contributed by atoms with van der Waals surface area (Å²) >= 11 is 0. The average Bonchev–Trinajstić information content (AvgIpc) is 2.77. The number of nitrogens with one attached hydrogen (secondary N) is 1. The van der Waals surface area contributed by atoms with Crippen molar-refractivity contribution in [1.82, 2.24) is 0 Å². The molecule has 2 aromatic rings. The number of likely N-dealkylation sites (N-methyl/N-ethyl adjacent to an activating group) is 1. The van der Waals surface area contributed by atoms with Gasteiger partial charge in [-0.05, 0) is 59.7 Å². The van der Waals surface area contributed by atoms with Crippen molar-refractivity contribution in [2.24, 2.45) is 0 Å². The zero-order chi connectivity index (χ0) is 22.7. The second kappa shape index (κ2) is 12.4. The van der Waals surface area contributed by atoms with E-state index >= 15 is 0 Å². The molecule has 2 rings (SSSR count). The van der Waals surface area contributed by atoms with Crippen molar-refractivity contribution >= 4 is 23.2 Å². The van der Waals surface area contributed by atoms with Gasteiger partial charge in [0.1, 0.15) is 0 Å². The first kappa shape index (κ1) is 24.9. The van der Waals surface area contributed by atoms with E-state index in [1.165, 1.54) is 23.3 Å². The Balaban J connectivity index is 0.000000562. The minimum atomic E-state index is -0.170. The number of hydrogen-bond acceptors (Lipinski definition) is 2. The molecule has 2 aromatic carbocycles. The van der Waals surface area contributed by atoms with Crippen molar-refractivity contribution in [2.75, 3.05) is 17.3 Å². The summed E-state index contributed by atoms with van der Waals surface area (Å²) < 4.78 is 0. The van der Waals surface area contributed by atoms with Crippen LogP contribution in [0, 0.1) is 0 Å². The Hall–Kier alpha value is -3.14. The fraction of sp³-hybridized carbons (Fsp3) is 0.308. The summed E-state index contributed by atoms with van der Waals surface area (Å²) in [6.07, 6.45) is 3.70. The normalized spacial score (nSPS) is 11.0.